The highest BCUT2D eigenvalue weighted by Gasteiger charge is 2.28. The van der Waals surface area contributed by atoms with E-state index < -0.39 is 33.9 Å². The number of hydrogen-bond donors (Lipinski definition) is 4. The fourth-order valence-electron chi connectivity index (χ4n) is 4.23. The molecule has 0 aliphatic rings. The predicted octanol–water partition coefficient (Wildman–Crippen LogP) is 4.39. The smallest absolute Gasteiger partial charge is 0.322 e. The van der Waals surface area contributed by atoms with Crippen LogP contribution in [0.15, 0.2) is 76.0 Å². The summed E-state index contributed by atoms with van der Waals surface area (Å²) in [4.78, 5) is 24.4. The van der Waals surface area contributed by atoms with E-state index in [0.717, 1.165) is 11.1 Å². The third-order valence-electron chi connectivity index (χ3n) is 6.32. The van der Waals surface area contributed by atoms with Crippen molar-refractivity contribution in [1.82, 2.24) is 4.72 Å². The van der Waals surface area contributed by atoms with Crippen LogP contribution in [0.3, 0.4) is 0 Å². The molecule has 1 heterocycles. The van der Waals surface area contributed by atoms with Crippen LogP contribution in [0.2, 0.25) is 0 Å². The summed E-state index contributed by atoms with van der Waals surface area (Å²) in [6, 6.07) is 17.2. The molecule has 1 atom stereocenters. The number of hydrogen-bond acceptors (Lipinski definition) is 6. The van der Waals surface area contributed by atoms with Crippen LogP contribution >= 0.6 is 0 Å². The quantitative estimate of drug-likeness (QED) is 0.234. The number of nitrogens with one attached hydrogen (secondary N) is 2. The van der Waals surface area contributed by atoms with Gasteiger partial charge in [0.15, 0.2) is 5.76 Å². The highest BCUT2D eigenvalue weighted by molar-refractivity contribution is 7.89. The minimum atomic E-state index is -4.02. The van der Waals surface area contributed by atoms with Crippen molar-refractivity contribution in [1.29, 1.82) is 0 Å². The monoisotopic (exact) mass is 560 g/mol. The molecule has 4 N–H and O–H groups in total. The maximum atomic E-state index is 13.0. The number of carbonyl (C=O) groups excluding carboxylic acids is 1. The molecule has 0 fully saturated rings. The first-order chi connectivity index (χ1) is 19.0. The molecular weight excluding hydrogens is 532 g/mol. The lowest BCUT2D eigenvalue weighted by atomic mass is 10.0. The van der Waals surface area contributed by atoms with Crippen LogP contribution in [0.5, 0.6) is 0 Å². The third-order valence-corrected chi connectivity index (χ3v) is 7.77. The highest BCUT2D eigenvalue weighted by Crippen LogP contribution is 2.29. The number of benzene rings is 3. The van der Waals surface area contributed by atoms with Crippen molar-refractivity contribution in [2.75, 3.05) is 11.9 Å². The zero-order valence-electron chi connectivity index (χ0n) is 22.1. The van der Waals surface area contributed by atoms with E-state index in [1.54, 1.807) is 75.4 Å². The summed E-state index contributed by atoms with van der Waals surface area (Å²) >= 11 is 0. The number of aliphatic hydroxyl groups is 1. The van der Waals surface area contributed by atoms with E-state index in [4.69, 9.17) is 9.52 Å². The fourth-order valence-corrected chi connectivity index (χ4v) is 5.56. The van der Waals surface area contributed by atoms with E-state index in [-0.39, 0.29) is 17.3 Å². The summed E-state index contributed by atoms with van der Waals surface area (Å²) in [5.74, 6) is 3.56. The van der Waals surface area contributed by atoms with Gasteiger partial charge in [0.25, 0.3) is 5.91 Å². The Bertz CT molecular complexity index is 1730. The molecule has 0 saturated carbocycles. The Labute approximate surface area is 231 Å². The number of sulfonamides is 1. The first-order valence-corrected chi connectivity index (χ1v) is 13.9. The molecule has 0 radical (unpaired) electrons. The molecule has 1 amide bonds. The lowest BCUT2D eigenvalue weighted by Crippen LogP contribution is -2.44. The maximum absolute atomic E-state index is 13.0. The van der Waals surface area contributed by atoms with Crippen molar-refractivity contribution in [3.05, 3.63) is 83.6 Å². The summed E-state index contributed by atoms with van der Waals surface area (Å²) in [7, 11) is -4.02. The summed E-state index contributed by atoms with van der Waals surface area (Å²) in [6.45, 7) is 4.75. The highest BCUT2D eigenvalue weighted by atomic mass is 32.2. The molecule has 0 unspecified atom stereocenters. The molecule has 0 saturated heterocycles. The Kier molecular flexibility index (Phi) is 8.40. The van der Waals surface area contributed by atoms with Gasteiger partial charge in [0.05, 0.1) is 4.90 Å². The van der Waals surface area contributed by atoms with E-state index in [9.17, 15) is 23.1 Å². The van der Waals surface area contributed by atoms with E-state index in [1.165, 1.54) is 12.1 Å². The van der Waals surface area contributed by atoms with Gasteiger partial charge in [0, 0.05) is 22.2 Å². The maximum Gasteiger partial charge on any atom is 0.322 e. The number of aryl methyl sites for hydroxylation is 1. The number of amides is 1. The first kappa shape index (κ1) is 28.6. The van der Waals surface area contributed by atoms with Crippen LogP contribution in [0.4, 0.5) is 5.69 Å². The minimum absolute atomic E-state index is 0.0428. The Balaban J connectivity index is 1.49. The van der Waals surface area contributed by atoms with Gasteiger partial charge in [-0.2, -0.15) is 4.72 Å². The van der Waals surface area contributed by atoms with Gasteiger partial charge in [0.2, 0.25) is 10.0 Å². The van der Waals surface area contributed by atoms with Crippen molar-refractivity contribution in [3.8, 4) is 23.0 Å². The largest absolute Gasteiger partial charge is 0.480 e. The molecule has 0 bridgehead atoms. The SMILES string of the molecule is Cc1c(C(=O)Nc2ccc(-c3ccc(S(=O)(=O)N[C@H](C(=O)O)C(C)C)cc3)cc2)oc2cccc(C#CCO)c12. The van der Waals surface area contributed by atoms with E-state index >= 15 is 0 Å². The topological polar surface area (TPSA) is 146 Å². The molecule has 4 rings (SSSR count). The Morgan fingerprint density at radius 2 is 1.60 bits per heavy atom. The Morgan fingerprint density at radius 3 is 2.17 bits per heavy atom. The van der Waals surface area contributed by atoms with E-state index in [0.29, 0.717) is 27.8 Å². The molecule has 0 aliphatic carbocycles. The molecule has 40 heavy (non-hydrogen) atoms. The van der Waals surface area contributed by atoms with Gasteiger partial charge in [-0.05, 0) is 60.4 Å². The normalized spacial score (nSPS) is 12.1. The number of anilines is 1. The molecule has 4 aromatic rings. The molecule has 9 nitrogen and oxygen atoms in total. The van der Waals surface area contributed by atoms with Crippen LogP contribution < -0.4 is 10.0 Å². The number of furan rings is 1. The summed E-state index contributed by atoms with van der Waals surface area (Å²) in [5, 5.41) is 21.9. The van der Waals surface area contributed by atoms with E-state index in [1.807, 2.05) is 0 Å². The molecule has 3 aromatic carbocycles. The van der Waals surface area contributed by atoms with Gasteiger partial charge >= 0.3 is 5.97 Å². The lowest BCUT2D eigenvalue weighted by molar-refractivity contribution is -0.140. The second-order valence-electron chi connectivity index (χ2n) is 9.43. The van der Waals surface area contributed by atoms with Crippen molar-refractivity contribution in [2.45, 2.75) is 31.7 Å². The molecule has 0 aliphatic heterocycles. The van der Waals surface area contributed by atoms with Crippen molar-refractivity contribution in [3.63, 3.8) is 0 Å². The number of carbonyl (C=O) groups is 2. The van der Waals surface area contributed by atoms with Crippen molar-refractivity contribution in [2.24, 2.45) is 5.92 Å². The first-order valence-electron chi connectivity index (χ1n) is 12.4. The summed E-state index contributed by atoms with van der Waals surface area (Å²) < 4.78 is 33.4. The van der Waals surface area contributed by atoms with Gasteiger partial charge in [-0.1, -0.05) is 56.0 Å². The van der Waals surface area contributed by atoms with Crippen molar-refractivity contribution < 1.29 is 32.6 Å². The van der Waals surface area contributed by atoms with Gasteiger partial charge in [0.1, 0.15) is 18.2 Å². The molecular formula is C30H28N2O7S. The predicted molar refractivity (Wildman–Crippen MR) is 151 cm³/mol. The standard InChI is InChI=1S/C30H28N2O7S/c1-18(2)27(30(35)36)32-40(37,38)24-15-11-21(12-16-24)20-9-13-23(14-10-20)31-29(34)28-19(3)26-22(7-5-17-33)6-4-8-25(26)39-28/h4,6,8-16,18,27,32-33H,17H2,1-3H3,(H,31,34)(H,35,36)/t27-/m0/s1. The number of carboxylic acid groups (broad SMARTS) is 1. The Hall–Kier alpha value is -4.43. The van der Waals surface area contributed by atoms with Gasteiger partial charge < -0.3 is 19.9 Å². The van der Waals surface area contributed by atoms with Crippen molar-refractivity contribution >= 4 is 38.6 Å². The van der Waals surface area contributed by atoms with Crippen LogP contribution in [-0.2, 0) is 14.8 Å². The number of aliphatic hydroxyl groups excluding tert-OH is 1. The Morgan fingerprint density at radius 1 is 0.975 bits per heavy atom. The summed E-state index contributed by atoms with van der Waals surface area (Å²) in [5.41, 5.74) is 3.87. The van der Waals surface area contributed by atoms with Crippen LogP contribution in [0.1, 0.15) is 35.5 Å². The van der Waals surface area contributed by atoms with E-state index in [2.05, 4.69) is 21.9 Å². The summed E-state index contributed by atoms with van der Waals surface area (Å²) in [6.07, 6.45) is 0. The number of rotatable bonds is 8. The van der Waals surface area contributed by atoms with Crippen LogP contribution in [0.25, 0.3) is 22.1 Å². The third kappa shape index (κ3) is 6.07. The van der Waals surface area contributed by atoms with Gasteiger partial charge in [-0.15, -0.1) is 0 Å². The molecule has 0 spiro atoms. The second-order valence-corrected chi connectivity index (χ2v) is 11.1. The number of fused-ring (bicyclic) bond motifs is 1. The molecule has 1 aromatic heterocycles. The van der Waals surface area contributed by atoms with Crippen LogP contribution in [0, 0.1) is 24.7 Å². The van der Waals surface area contributed by atoms with Gasteiger partial charge in [-0.3, -0.25) is 9.59 Å². The van der Waals surface area contributed by atoms with Crippen LogP contribution in [-0.4, -0.2) is 43.2 Å². The zero-order chi connectivity index (χ0) is 29.0. The second kappa shape index (κ2) is 11.8. The average molecular weight is 561 g/mol. The minimum Gasteiger partial charge on any atom is -0.480 e. The molecule has 10 heteroatoms. The van der Waals surface area contributed by atoms with Gasteiger partial charge in [-0.25, -0.2) is 8.42 Å². The molecule has 206 valence electrons. The number of carboxylic acids is 1. The zero-order valence-corrected chi connectivity index (χ0v) is 22.9. The fraction of sp³-hybridized carbons (Fsp3) is 0.200. The number of aliphatic carboxylic acids is 1. The average Bonchev–Trinajstić information content (AvgIpc) is 3.28. The lowest BCUT2D eigenvalue weighted by Gasteiger charge is -2.18.